The van der Waals surface area contributed by atoms with Crippen molar-refractivity contribution in [2.45, 2.75) is 17.7 Å². The summed E-state index contributed by atoms with van der Waals surface area (Å²) in [5, 5.41) is 8.10. The molecule has 9 heteroatoms. The fourth-order valence-corrected chi connectivity index (χ4v) is 3.27. The number of thiophene rings is 1. The summed E-state index contributed by atoms with van der Waals surface area (Å²) in [6.07, 6.45) is 2.02. The molecule has 7 nitrogen and oxygen atoms in total. The average molecular weight is 323 g/mol. The SMILES string of the molecule is CSc1ccc(-c2noc(Cn3nc(C)n(C)c3=O)n2)s1. The Labute approximate surface area is 128 Å². The van der Waals surface area contributed by atoms with Crippen molar-refractivity contribution in [3.8, 4) is 10.7 Å². The zero-order valence-corrected chi connectivity index (χ0v) is 13.4. The van der Waals surface area contributed by atoms with E-state index < -0.39 is 0 Å². The van der Waals surface area contributed by atoms with Gasteiger partial charge in [-0.1, -0.05) is 5.16 Å². The summed E-state index contributed by atoms with van der Waals surface area (Å²) in [6, 6.07) is 3.98. The van der Waals surface area contributed by atoms with Gasteiger partial charge >= 0.3 is 5.69 Å². The topological polar surface area (TPSA) is 78.7 Å². The lowest BCUT2D eigenvalue weighted by molar-refractivity contribution is 0.363. The third-order valence-electron chi connectivity index (χ3n) is 3.01. The van der Waals surface area contributed by atoms with Crippen molar-refractivity contribution in [3.63, 3.8) is 0 Å². The average Bonchev–Trinajstić information content (AvgIpc) is 3.17. The van der Waals surface area contributed by atoms with Gasteiger partial charge in [0.2, 0.25) is 11.7 Å². The first-order chi connectivity index (χ1) is 10.1. The zero-order chi connectivity index (χ0) is 15.0. The molecule has 110 valence electrons. The summed E-state index contributed by atoms with van der Waals surface area (Å²) in [7, 11) is 1.68. The highest BCUT2D eigenvalue weighted by molar-refractivity contribution is 8.00. The van der Waals surface area contributed by atoms with Crippen LogP contribution in [0, 0.1) is 6.92 Å². The molecule has 0 atom stereocenters. The van der Waals surface area contributed by atoms with Gasteiger partial charge in [-0.15, -0.1) is 23.1 Å². The van der Waals surface area contributed by atoms with Gasteiger partial charge in [-0.2, -0.15) is 10.1 Å². The highest BCUT2D eigenvalue weighted by Crippen LogP contribution is 2.31. The molecule has 0 unspecified atom stereocenters. The first kappa shape index (κ1) is 14.1. The van der Waals surface area contributed by atoms with Crippen LogP contribution in [0.25, 0.3) is 10.7 Å². The quantitative estimate of drug-likeness (QED) is 0.681. The molecule has 3 rings (SSSR count). The van der Waals surface area contributed by atoms with Crippen molar-refractivity contribution in [2.75, 3.05) is 6.26 Å². The van der Waals surface area contributed by atoms with Crippen LogP contribution < -0.4 is 5.69 Å². The number of thioether (sulfide) groups is 1. The van der Waals surface area contributed by atoms with Crippen molar-refractivity contribution in [3.05, 3.63) is 34.3 Å². The van der Waals surface area contributed by atoms with Gasteiger partial charge in [-0.05, 0) is 25.3 Å². The maximum absolute atomic E-state index is 11.9. The van der Waals surface area contributed by atoms with E-state index in [9.17, 15) is 4.79 Å². The van der Waals surface area contributed by atoms with Crippen molar-refractivity contribution in [1.29, 1.82) is 0 Å². The Morgan fingerprint density at radius 2 is 2.24 bits per heavy atom. The van der Waals surface area contributed by atoms with Crippen LogP contribution in [0.2, 0.25) is 0 Å². The Kier molecular flexibility index (Phi) is 3.68. The molecule has 0 saturated heterocycles. The molecule has 3 aromatic rings. The highest BCUT2D eigenvalue weighted by Gasteiger charge is 2.14. The van der Waals surface area contributed by atoms with Crippen LogP contribution in [0.15, 0.2) is 25.7 Å². The first-order valence-corrected chi connectivity index (χ1v) is 8.20. The number of aryl methyl sites for hydroxylation is 1. The summed E-state index contributed by atoms with van der Waals surface area (Å²) >= 11 is 3.28. The van der Waals surface area contributed by atoms with Crippen LogP contribution in [0.3, 0.4) is 0 Å². The van der Waals surface area contributed by atoms with Gasteiger partial charge in [0.15, 0.2) is 0 Å². The lowest BCUT2D eigenvalue weighted by Crippen LogP contribution is -2.23. The summed E-state index contributed by atoms with van der Waals surface area (Å²) in [4.78, 5) is 17.1. The molecular formula is C12H13N5O2S2. The lowest BCUT2D eigenvalue weighted by Gasteiger charge is -1.91. The van der Waals surface area contributed by atoms with E-state index in [1.807, 2.05) is 18.4 Å². The molecule has 0 aromatic carbocycles. The van der Waals surface area contributed by atoms with E-state index in [-0.39, 0.29) is 12.2 Å². The Bertz CT molecular complexity index is 829. The molecule has 0 saturated carbocycles. The third-order valence-corrected chi connectivity index (χ3v) is 5.18. The van der Waals surface area contributed by atoms with E-state index in [2.05, 4.69) is 15.2 Å². The molecule has 3 heterocycles. The van der Waals surface area contributed by atoms with Gasteiger partial charge in [0.05, 0.1) is 9.09 Å². The number of hydrogen-bond acceptors (Lipinski definition) is 7. The maximum atomic E-state index is 11.9. The summed E-state index contributed by atoms with van der Waals surface area (Å²) in [5.74, 6) is 1.54. The number of nitrogens with zero attached hydrogens (tertiary/aromatic N) is 5. The summed E-state index contributed by atoms with van der Waals surface area (Å²) < 4.78 is 9.18. The van der Waals surface area contributed by atoms with Crippen LogP contribution in [0.1, 0.15) is 11.7 Å². The second kappa shape index (κ2) is 5.49. The fraction of sp³-hybridized carbons (Fsp3) is 0.333. The van der Waals surface area contributed by atoms with E-state index in [0.717, 1.165) is 4.88 Å². The molecule has 3 aromatic heterocycles. The van der Waals surface area contributed by atoms with Crippen molar-refractivity contribution < 1.29 is 4.52 Å². The minimum absolute atomic E-state index is 0.175. The monoisotopic (exact) mass is 323 g/mol. The molecule has 0 aliphatic heterocycles. The summed E-state index contributed by atoms with van der Waals surface area (Å²) in [6.45, 7) is 1.95. The van der Waals surface area contributed by atoms with Crippen molar-refractivity contribution >= 4 is 23.1 Å². The third kappa shape index (κ3) is 2.66. The lowest BCUT2D eigenvalue weighted by atomic mass is 10.4. The molecule has 0 N–H and O–H groups in total. The van der Waals surface area contributed by atoms with Gasteiger partial charge in [-0.25, -0.2) is 9.48 Å². The largest absolute Gasteiger partial charge is 0.346 e. The van der Waals surface area contributed by atoms with Crippen molar-refractivity contribution in [2.24, 2.45) is 7.05 Å². The smallest absolute Gasteiger partial charge is 0.337 e. The molecule has 0 bridgehead atoms. The van der Waals surface area contributed by atoms with Gasteiger partial charge < -0.3 is 4.52 Å². The molecular weight excluding hydrogens is 310 g/mol. The van der Waals surface area contributed by atoms with Gasteiger partial charge in [0.1, 0.15) is 12.4 Å². The molecule has 0 amide bonds. The first-order valence-electron chi connectivity index (χ1n) is 6.15. The Hall–Kier alpha value is -1.87. The molecule has 0 aliphatic carbocycles. The van der Waals surface area contributed by atoms with Crippen LogP contribution in [-0.2, 0) is 13.6 Å². The molecule has 0 spiro atoms. The summed E-state index contributed by atoms with van der Waals surface area (Å²) in [5.41, 5.74) is -0.201. The minimum atomic E-state index is -0.201. The maximum Gasteiger partial charge on any atom is 0.346 e. The van der Waals surface area contributed by atoms with Crippen LogP contribution in [0.4, 0.5) is 0 Å². The van der Waals surface area contributed by atoms with E-state index in [4.69, 9.17) is 4.52 Å². The van der Waals surface area contributed by atoms with E-state index in [0.29, 0.717) is 17.5 Å². The van der Waals surface area contributed by atoms with Crippen LogP contribution in [-0.4, -0.2) is 30.7 Å². The molecule has 21 heavy (non-hydrogen) atoms. The number of aromatic nitrogens is 5. The standard InChI is InChI=1S/C12H13N5O2S2/c1-7-14-17(12(18)16(7)2)6-9-13-11(15-19-9)8-4-5-10(20-3)21-8/h4-5H,6H2,1-3H3. The van der Waals surface area contributed by atoms with E-state index in [1.165, 1.54) is 13.5 Å². The fourth-order valence-electron chi connectivity index (χ4n) is 1.80. The second-order valence-corrected chi connectivity index (χ2v) is 6.57. The predicted octanol–water partition coefficient (Wildman–Crippen LogP) is 1.77. The van der Waals surface area contributed by atoms with E-state index >= 15 is 0 Å². The zero-order valence-electron chi connectivity index (χ0n) is 11.7. The Morgan fingerprint density at radius 1 is 1.43 bits per heavy atom. The van der Waals surface area contributed by atoms with Crippen molar-refractivity contribution in [1.82, 2.24) is 24.5 Å². The highest BCUT2D eigenvalue weighted by atomic mass is 32.2. The Balaban J connectivity index is 1.85. The van der Waals surface area contributed by atoms with Gasteiger partial charge in [0, 0.05) is 7.05 Å². The normalized spacial score (nSPS) is 11.2. The molecule has 0 aliphatic rings. The van der Waals surface area contributed by atoms with Gasteiger partial charge in [-0.3, -0.25) is 4.57 Å². The molecule has 0 radical (unpaired) electrons. The second-order valence-electron chi connectivity index (χ2n) is 4.38. The number of rotatable bonds is 4. The minimum Gasteiger partial charge on any atom is -0.337 e. The van der Waals surface area contributed by atoms with Crippen LogP contribution in [0.5, 0.6) is 0 Å². The van der Waals surface area contributed by atoms with E-state index in [1.54, 1.807) is 37.1 Å². The predicted molar refractivity (Wildman–Crippen MR) is 80.7 cm³/mol. The molecule has 0 fully saturated rings. The van der Waals surface area contributed by atoms with Gasteiger partial charge in [0.25, 0.3) is 0 Å². The Morgan fingerprint density at radius 3 is 2.86 bits per heavy atom. The number of hydrogen-bond donors (Lipinski definition) is 0. The van der Waals surface area contributed by atoms with Crippen LogP contribution >= 0.6 is 23.1 Å².